The van der Waals surface area contributed by atoms with E-state index in [1.165, 1.54) is 31.2 Å². The van der Waals surface area contributed by atoms with Gasteiger partial charge in [0, 0.05) is 19.2 Å². The smallest absolute Gasteiger partial charge is 0.338 e. The molecule has 0 bridgehead atoms. The van der Waals surface area contributed by atoms with E-state index in [0.29, 0.717) is 24.5 Å². The summed E-state index contributed by atoms with van der Waals surface area (Å²) in [5, 5.41) is 2.42. The second kappa shape index (κ2) is 10.2. The van der Waals surface area contributed by atoms with Crippen LogP contribution < -0.4 is 10.2 Å². The van der Waals surface area contributed by atoms with E-state index in [-0.39, 0.29) is 34.4 Å². The number of ether oxygens (including phenoxy) is 2. The second-order valence-corrected chi connectivity index (χ2v) is 7.15. The van der Waals surface area contributed by atoms with Crippen LogP contribution in [0, 0.1) is 0 Å². The lowest BCUT2D eigenvalue weighted by atomic mass is 10.1. The van der Waals surface area contributed by atoms with E-state index in [0.717, 1.165) is 4.90 Å². The maximum atomic E-state index is 13.0. The van der Waals surface area contributed by atoms with Crippen LogP contribution in [-0.2, 0) is 23.9 Å². The highest BCUT2D eigenvalue weighted by molar-refractivity contribution is 6.60. The standard InChI is InChI=1S/C23H21ClN2O6/c1-3-31-12-13-32-23(30)16-6-10-18(11-7-16)26-21(28)19(20(24)22(26)29)15-4-8-17(9-5-15)25-14(2)27/h4-11H,3,12-13H2,1-2H3,(H,25,27). The van der Waals surface area contributed by atoms with Gasteiger partial charge in [-0.25, -0.2) is 9.69 Å². The molecule has 32 heavy (non-hydrogen) atoms. The molecular weight excluding hydrogens is 436 g/mol. The number of hydrogen-bond donors (Lipinski definition) is 1. The van der Waals surface area contributed by atoms with Crippen molar-refractivity contribution in [3.63, 3.8) is 0 Å². The summed E-state index contributed by atoms with van der Waals surface area (Å²) in [5.41, 5.74) is 1.60. The van der Waals surface area contributed by atoms with Gasteiger partial charge in [0.25, 0.3) is 11.8 Å². The van der Waals surface area contributed by atoms with Crippen molar-refractivity contribution in [2.45, 2.75) is 13.8 Å². The zero-order valence-corrected chi connectivity index (χ0v) is 18.3. The molecule has 166 valence electrons. The van der Waals surface area contributed by atoms with Crippen molar-refractivity contribution in [1.29, 1.82) is 0 Å². The summed E-state index contributed by atoms with van der Waals surface area (Å²) in [4.78, 5) is 49.9. The number of nitrogens with one attached hydrogen (secondary N) is 1. The van der Waals surface area contributed by atoms with Crippen LogP contribution >= 0.6 is 11.6 Å². The maximum absolute atomic E-state index is 13.0. The molecule has 0 saturated heterocycles. The third-order valence-corrected chi connectivity index (χ3v) is 4.90. The number of benzene rings is 2. The van der Waals surface area contributed by atoms with Crippen molar-refractivity contribution in [3.05, 3.63) is 64.7 Å². The number of rotatable bonds is 8. The average Bonchev–Trinajstić information content (AvgIpc) is 3.00. The Morgan fingerprint density at radius 1 is 0.969 bits per heavy atom. The van der Waals surface area contributed by atoms with Gasteiger partial charge in [-0.1, -0.05) is 23.7 Å². The van der Waals surface area contributed by atoms with E-state index in [9.17, 15) is 19.2 Å². The Bertz CT molecular complexity index is 1080. The first-order valence-corrected chi connectivity index (χ1v) is 10.2. The van der Waals surface area contributed by atoms with E-state index < -0.39 is 17.8 Å². The number of halogens is 1. The molecule has 0 unspecified atom stereocenters. The van der Waals surface area contributed by atoms with Crippen LogP contribution in [-0.4, -0.2) is 43.5 Å². The first-order chi connectivity index (χ1) is 15.3. The molecule has 2 aromatic carbocycles. The number of carbonyl (C=O) groups excluding carboxylic acids is 4. The number of imide groups is 1. The van der Waals surface area contributed by atoms with Crippen LogP contribution in [0.3, 0.4) is 0 Å². The Labute approximate surface area is 189 Å². The molecule has 0 radical (unpaired) electrons. The van der Waals surface area contributed by atoms with Gasteiger partial charge in [0.2, 0.25) is 5.91 Å². The molecule has 2 aromatic rings. The van der Waals surface area contributed by atoms with Crippen molar-refractivity contribution >= 4 is 52.2 Å². The molecule has 1 aliphatic rings. The molecular formula is C23H21ClN2O6. The Kier molecular flexibility index (Phi) is 7.40. The van der Waals surface area contributed by atoms with Crippen molar-refractivity contribution < 1.29 is 28.7 Å². The fraction of sp³-hybridized carbons (Fsp3) is 0.217. The third kappa shape index (κ3) is 5.04. The summed E-state index contributed by atoms with van der Waals surface area (Å²) in [5.74, 6) is -2.01. The van der Waals surface area contributed by atoms with Gasteiger partial charge in [0.05, 0.1) is 23.4 Å². The summed E-state index contributed by atoms with van der Waals surface area (Å²) >= 11 is 6.20. The summed E-state index contributed by atoms with van der Waals surface area (Å²) in [6, 6.07) is 12.3. The van der Waals surface area contributed by atoms with E-state index in [4.69, 9.17) is 21.1 Å². The summed E-state index contributed by atoms with van der Waals surface area (Å²) in [7, 11) is 0. The Morgan fingerprint density at radius 2 is 1.62 bits per heavy atom. The Hall–Kier alpha value is -3.49. The number of hydrogen-bond acceptors (Lipinski definition) is 6. The predicted octanol–water partition coefficient (Wildman–Crippen LogP) is 3.36. The van der Waals surface area contributed by atoms with Crippen LogP contribution in [0.5, 0.6) is 0 Å². The van der Waals surface area contributed by atoms with Gasteiger partial charge in [0.15, 0.2) is 0 Å². The fourth-order valence-electron chi connectivity index (χ4n) is 3.08. The quantitative estimate of drug-likeness (QED) is 0.371. The summed E-state index contributed by atoms with van der Waals surface area (Å²) in [6.07, 6.45) is 0. The van der Waals surface area contributed by atoms with E-state index in [2.05, 4.69) is 5.32 Å². The zero-order valence-electron chi connectivity index (χ0n) is 17.5. The maximum Gasteiger partial charge on any atom is 0.338 e. The lowest BCUT2D eigenvalue weighted by molar-refractivity contribution is -0.120. The zero-order chi connectivity index (χ0) is 23.3. The number of amides is 3. The van der Waals surface area contributed by atoms with Gasteiger partial charge in [-0.3, -0.25) is 14.4 Å². The van der Waals surface area contributed by atoms with Gasteiger partial charge in [-0.15, -0.1) is 0 Å². The molecule has 0 spiro atoms. The second-order valence-electron chi connectivity index (χ2n) is 6.77. The normalized spacial score (nSPS) is 13.5. The predicted molar refractivity (Wildman–Crippen MR) is 119 cm³/mol. The topological polar surface area (TPSA) is 102 Å². The monoisotopic (exact) mass is 456 g/mol. The number of carbonyl (C=O) groups is 4. The van der Waals surface area contributed by atoms with Crippen molar-refractivity contribution in [1.82, 2.24) is 0 Å². The Morgan fingerprint density at radius 3 is 2.22 bits per heavy atom. The minimum Gasteiger partial charge on any atom is -0.460 e. The van der Waals surface area contributed by atoms with Gasteiger partial charge in [0.1, 0.15) is 11.6 Å². The molecule has 3 rings (SSSR count). The minimum absolute atomic E-state index is 0.0606. The first kappa shape index (κ1) is 23.2. The van der Waals surface area contributed by atoms with Gasteiger partial charge >= 0.3 is 5.97 Å². The van der Waals surface area contributed by atoms with Crippen LogP contribution in [0.1, 0.15) is 29.8 Å². The van der Waals surface area contributed by atoms with Crippen molar-refractivity contribution in [3.8, 4) is 0 Å². The van der Waals surface area contributed by atoms with Crippen LogP contribution in [0.25, 0.3) is 5.57 Å². The molecule has 0 fully saturated rings. The molecule has 1 N–H and O–H groups in total. The fourth-order valence-corrected chi connectivity index (χ4v) is 3.35. The van der Waals surface area contributed by atoms with Crippen LogP contribution in [0.15, 0.2) is 53.6 Å². The van der Waals surface area contributed by atoms with E-state index in [1.54, 1.807) is 24.3 Å². The average molecular weight is 457 g/mol. The first-order valence-electron chi connectivity index (χ1n) is 9.85. The van der Waals surface area contributed by atoms with Crippen LogP contribution in [0.4, 0.5) is 11.4 Å². The molecule has 0 saturated carbocycles. The molecule has 9 heteroatoms. The lowest BCUT2D eigenvalue weighted by Crippen LogP contribution is -2.31. The molecule has 0 aromatic heterocycles. The SMILES string of the molecule is CCOCCOC(=O)c1ccc(N2C(=O)C(Cl)=C(c3ccc(NC(C)=O)cc3)C2=O)cc1. The Balaban J connectivity index is 1.75. The van der Waals surface area contributed by atoms with Gasteiger partial charge in [-0.05, 0) is 48.9 Å². The summed E-state index contributed by atoms with van der Waals surface area (Å²) < 4.78 is 10.2. The molecule has 0 aliphatic carbocycles. The highest BCUT2D eigenvalue weighted by Gasteiger charge is 2.39. The van der Waals surface area contributed by atoms with Gasteiger partial charge < -0.3 is 14.8 Å². The molecule has 1 aliphatic heterocycles. The number of esters is 1. The lowest BCUT2D eigenvalue weighted by Gasteiger charge is -2.15. The van der Waals surface area contributed by atoms with Crippen molar-refractivity contribution in [2.75, 3.05) is 30.0 Å². The number of anilines is 2. The van der Waals surface area contributed by atoms with E-state index >= 15 is 0 Å². The third-order valence-electron chi connectivity index (χ3n) is 4.55. The van der Waals surface area contributed by atoms with Gasteiger partial charge in [-0.2, -0.15) is 0 Å². The minimum atomic E-state index is -0.662. The van der Waals surface area contributed by atoms with E-state index in [1.807, 2.05) is 6.92 Å². The molecule has 0 atom stereocenters. The molecule has 8 nitrogen and oxygen atoms in total. The number of nitrogens with zero attached hydrogens (tertiary/aromatic N) is 1. The highest BCUT2D eigenvalue weighted by Crippen LogP contribution is 2.35. The largest absolute Gasteiger partial charge is 0.460 e. The highest BCUT2D eigenvalue weighted by atomic mass is 35.5. The van der Waals surface area contributed by atoms with Crippen LogP contribution in [0.2, 0.25) is 0 Å². The summed E-state index contributed by atoms with van der Waals surface area (Å²) in [6.45, 7) is 4.18. The van der Waals surface area contributed by atoms with Crippen molar-refractivity contribution in [2.24, 2.45) is 0 Å². The molecule has 3 amide bonds. The molecule has 1 heterocycles.